The zero-order chi connectivity index (χ0) is 27.8. The molecule has 4 rings (SSSR count). The molecule has 3 aliphatic heterocycles. The van der Waals surface area contributed by atoms with Gasteiger partial charge in [-0.05, 0) is 80.2 Å². The number of hydrogen-bond acceptors (Lipinski definition) is 6. The van der Waals surface area contributed by atoms with Crippen LogP contribution in [0.4, 0.5) is 0 Å². The molecule has 39 heavy (non-hydrogen) atoms. The third-order valence-corrected chi connectivity index (χ3v) is 8.04. The van der Waals surface area contributed by atoms with Crippen LogP contribution in [0, 0.1) is 11.8 Å². The van der Waals surface area contributed by atoms with Gasteiger partial charge in [0.2, 0.25) is 5.90 Å². The molecule has 1 aromatic rings. The Kier molecular flexibility index (Phi) is 10.1. The number of benzene rings is 1. The summed E-state index contributed by atoms with van der Waals surface area (Å²) in [4.78, 5) is 22.5. The topological polar surface area (TPSA) is 54.4 Å². The lowest BCUT2D eigenvalue weighted by Gasteiger charge is -2.32. The fourth-order valence-corrected chi connectivity index (χ4v) is 5.73. The zero-order valence-corrected chi connectivity index (χ0v) is 24.4. The number of aliphatic imine (C=N–C) groups is 1. The van der Waals surface area contributed by atoms with E-state index in [1.165, 1.54) is 28.1 Å². The number of ether oxygens (including phenoxy) is 2. The number of nitrogens with zero attached hydrogens (tertiary/aromatic N) is 3. The van der Waals surface area contributed by atoms with Crippen LogP contribution in [0.25, 0.3) is 5.57 Å². The van der Waals surface area contributed by atoms with E-state index >= 15 is 0 Å². The average molecular weight is 532 g/mol. The van der Waals surface area contributed by atoms with Crippen LogP contribution in [-0.2, 0) is 9.53 Å². The molecular weight excluding hydrogens is 486 g/mol. The first-order valence-corrected chi connectivity index (χ1v) is 14.4. The molecule has 3 aliphatic rings. The van der Waals surface area contributed by atoms with Crippen LogP contribution >= 0.6 is 0 Å². The molecule has 1 fully saturated rings. The van der Waals surface area contributed by atoms with Crippen LogP contribution in [0.2, 0.25) is 0 Å². The van der Waals surface area contributed by atoms with Crippen molar-refractivity contribution >= 4 is 17.3 Å². The maximum atomic E-state index is 13.3. The van der Waals surface area contributed by atoms with Gasteiger partial charge in [0.15, 0.2) is 5.78 Å². The van der Waals surface area contributed by atoms with Gasteiger partial charge in [-0.2, -0.15) is 0 Å². The summed E-state index contributed by atoms with van der Waals surface area (Å²) in [6.45, 7) is 9.81. The highest BCUT2D eigenvalue weighted by Gasteiger charge is 2.24. The fourth-order valence-electron chi connectivity index (χ4n) is 5.73. The Balaban J connectivity index is 1.33. The van der Waals surface area contributed by atoms with Gasteiger partial charge in [0, 0.05) is 49.7 Å². The molecule has 0 aliphatic carbocycles. The van der Waals surface area contributed by atoms with Gasteiger partial charge in [0.05, 0.1) is 20.8 Å². The smallest absolute Gasteiger partial charge is 0.214 e. The van der Waals surface area contributed by atoms with Crippen molar-refractivity contribution in [1.82, 2.24) is 9.80 Å². The molecule has 0 spiro atoms. The maximum Gasteiger partial charge on any atom is 0.214 e. The lowest BCUT2D eigenvalue weighted by molar-refractivity contribution is -0.120. The molecule has 1 atom stereocenters. The Bertz CT molecular complexity index is 1160. The first-order chi connectivity index (χ1) is 18.9. The molecule has 0 N–H and O–H groups in total. The first-order valence-electron chi connectivity index (χ1n) is 14.4. The molecule has 3 heterocycles. The number of carbonyl (C=O) groups excluding carboxylic acids is 1. The predicted molar refractivity (Wildman–Crippen MR) is 160 cm³/mol. The number of hydrogen-bond donors (Lipinski definition) is 0. The number of rotatable bonds is 8. The maximum absolute atomic E-state index is 13.3. The third kappa shape index (κ3) is 7.87. The quantitative estimate of drug-likeness (QED) is 0.377. The molecule has 0 saturated carbocycles. The van der Waals surface area contributed by atoms with Gasteiger partial charge in [-0.25, -0.2) is 4.99 Å². The van der Waals surface area contributed by atoms with Crippen LogP contribution in [0.5, 0.6) is 5.75 Å². The number of carbonyl (C=O) groups is 1. The summed E-state index contributed by atoms with van der Waals surface area (Å²) in [5.41, 5.74) is 6.20. The SMILES string of the molecule is COC1=NC=C(C)CCC(N2CCCC(CC(=O)CN3CC=C(c4ccc(OC)cc4)C=C3C(C)C)CC2)=C1. The monoisotopic (exact) mass is 531 g/mol. The molecule has 0 radical (unpaired) electrons. The van der Waals surface area contributed by atoms with Crippen molar-refractivity contribution in [3.8, 4) is 5.75 Å². The van der Waals surface area contributed by atoms with Gasteiger partial charge in [-0.3, -0.25) is 4.79 Å². The van der Waals surface area contributed by atoms with E-state index in [2.05, 4.69) is 65.9 Å². The zero-order valence-electron chi connectivity index (χ0n) is 24.4. The van der Waals surface area contributed by atoms with Crippen LogP contribution in [0.1, 0.15) is 64.9 Å². The molecule has 0 bridgehead atoms. The van der Waals surface area contributed by atoms with Crippen molar-refractivity contribution < 1.29 is 14.3 Å². The Hall–Kier alpha value is -3.28. The molecule has 1 aromatic carbocycles. The third-order valence-electron chi connectivity index (χ3n) is 8.04. The summed E-state index contributed by atoms with van der Waals surface area (Å²) < 4.78 is 10.8. The minimum Gasteiger partial charge on any atom is -0.497 e. The number of ketones is 1. The number of allylic oxidation sites excluding steroid dienone is 5. The van der Waals surface area contributed by atoms with E-state index in [4.69, 9.17) is 9.47 Å². The van der Waals surface area contributed by atoms with E-state index in [1.807, 2.05) is 18.3 Å². The molecule has 210 valence electrons. The van der Waals surface area contributed by atoms with Crippen LogP contribution in [0.15, 0.2) is 70.7 Å². The summed E-state index contributed by atoms with van der Waals surface area (Å²) >= 11 is 0. The van der Waals surface area contributed by atoms with Crippen LogP contribution in [-0.4, -0.2) is 61.9 Å². The second-order valence-electron chi connectivity index (χ2n) is 11.3. The molecule has 0 aromatic heterocycles. The van der Waals surface area contributed by atoms with Gasteiger partial charge in [-0.1, -0.05) is 37.6 Å². The highest BCUT2D eigenvalue weighted by Crippen LogP contribution is 2.30. The Morgan fingerprint density at radius 1 is 1.05 bits per heavy atom. The van der Waals surface area contributed by atoms with Crippen molar-refractivity contribution in [2.45, 2.75) is 59.3 Å². The number of Topliss-reactive ketones (excluding diaryl/α,β-unsaturated/α-hetero) is 1. The summed E-state index contributed by atoms with van der Waals surface area (Å²) in [5, 5.41) is 0. The standard InChI is InChI=1S/C33H45N3O3/c1-24(2)32-20-28(27-9-12-31(38-4)13-10-27)15-18-36(32)23-30(37)19-26-7-6-16-35(17-14-26)29-11-8-25(3)22-34-33(21-29)39-5/h9-10,12-13,15,20-22,24,26H,6-8,11,14,16-19,23H2,1-5H3. The predicted octanol–water partition coefficient (Wildman–Crippen LogP) is 6.62. The Morgan fingerprint density at radius 3 is 2.56 bits per heavy atom. The summed E-state index contributed by atoms with van der Waals surface area (Å²) in [6, 6.07) is 8.20. The molecule has 0 amide bonds. The van der Waals surface area contributed by atoms with Crippen molar-refractivity contribution in [3.05, 3.63) is 71.2 Å². The summed E-state index contributed by atoms with van der Waals surface area (Å²) in [6.07, 6.45) is 14.4. The second kappa shape index (κ2) is 13.7. The number of methoxy groups -OCH3 is 2. The Labute approximate surface area is 234 Å². The normalized spacial score (nSPS) is 20.6. The largest absolute Gasteiger partial charge is 0.497 e. The molecular formula is C33H45N3O3. The molecule has 1 saturated heterocycles. The lowest BCUT2D eigenvalue weighted by atomic mass is 9.93. The van der Waals surface area contributed by atoms with E-state index in [1.54, 1.807) is 14.2 Å². The van der Waals surface area contributed by atoms with Crippen molar-refractivity contribution in [3.63, 3.8) is 0 Å². The average Bonchev–Trinajstić information content (AvgIpc) is 3.17. The van der Waals surface area contributed by atoms with E-state index in [0.717, 1.165) is 57.5 Å². The minimum absolute atomic E-state index is 0.348. The van der Waals surface area contributed by atoms with Crippen molar-refractivity contribution in [2.75, 3.05) is 40.4 Å². The molecule has 6 nitrogen and oxygen atoms in total. The van der Waals surface area contributed by atoms with Gasteiger partial charge < -0.3 is 19.3 Å². The van der Waals surface area contributed by atoms with E-state index in [0.29, 0.717) is 36.5 Å². The highest BCUT2D eigenvalue weighted by molar-refractivity contribution is 5.88. The van der Waals surface area contributed by atoms with Gasteiger partial charge in [0.1, 0.15) is 5.75 Å². The number of likely N-dealkylation sites (tertiary alicyclic amines) is 1. The first kappa shape index (κ1) is 28.7. The van der Waals surface area contributed by atoms with Gasteiger partial charge in [0.25, 0.3) is 0 Å². The summed E-state index contributed by atoms with van der Waals surface area (Å²) in [5.74, 6) is 2.66. The van der Waals surface area contributed by atoms with E-state index in [-0.39, 0.29) is 0 Å². The van der Waals surface area contributed by atoms with Crippen LogP contribution in [0.3, 0.4) is 0 Å². The molecule has 1 unspecified atom stereocenters. The van der Waals surface area contributed by atoms with E-state index in [9.17, 15) is 4.79 Å². The lowest BCUT2D eigenvalue weighted by Crippen LogP contribution is -2.34. The molecule has 6 heteroatoms. The second-order valence-corrected chi connectivity index (χ2v) is 11.3. The van der Waals surface area contributed by atoms with Crippen molar-refractivity contribution in [2.24, 2.45) is 16.8 Å². The fraction of sp³-hybridized carbons (Fsp3) is 0.515. The Morgan fingerprint density at radius 2 is 1.85 bits per heavy atom. The van der Waals surface area contributed by atoms with Crippen LogP contribution < -0.4 is 4.74 Å². The summed E-state index contributed by atoms with van der Waals surface area (Å²) in [7, 11) is 3.37. The van der Waals surface area contributed by atoms with E-state index < -0.39 is 0 Å². The van der Waals surface area contributed by atoms with Gasteiger partial charge >= 0.3 is 0 Å². The van der Waals surface area contributed by atoms with Crippen molar-refractivity contribution in [1.29, 1.82) is 0 Å². The highest BCUT2D eigenvalue weighted by atomic mass is 16.5. The minimum atomic E-state index is 0.348. The van der Waals surface area contributed by atoms with Gasteiger partial charge in [-0.15, -0.1) is 0 Å².